The second-order valence-electron chi connectivity index (χ2n) is 4.59. The van der Waals surface area contributed by atoms with E-state index in [9.17, 15) is 0 Å². The third-order valence-electron chi connectivity index (χ3n) is 2.84. The molecule has 3 nitrogen and oxygen atoms in total. The first kappa shape index (κ1) is 11.3. The average Bonchev–Trinajstić information content (AvgIpc) is 2.55. The van der Waals surface area contributed by atoms with Crippen LogP contribution in [0.15, 0.2) is 12.1 Å². The quantitative estimate of drug-likeness (QED) is 0.848. The molecule has 2 rings (SSSR count). The van der Waals surface area contributed by atoms with Gasteiger partial charge in [-0.15, -0.1) is 0 Å². The third-order valence-corrected chi connectivity index (χ3v) is 2.84. The van der Waals surface area contributed by atoms with E-state index in [0.717, 1.165) is 29.9 Å². The fourth-order valence-electron chi connectivity index (χ4n) is 2.18. The highest BCUT2D eigenvalue weighted by atomic mass is 16.5. The van der Waals surface area contributed by atoms with Gasteiger partial charge in [-0.3, -0.25) is 0 Å². The number of rotatable bonds is 3. The van der Waals surface area contributed by atoms with Gasteiger partial charge in [0, 0.05) is 18.0 Å². The van der Waals surface area contributed by atoms with E-state index >= 15 is 0 Å². The Labute approximate surface area is 96.5 Å². The summed E-state index contributed by atoms with van der Waals surface area (Å²) in [6, 6.07) is 4.28. The summed E-state index contributed by atoms with van der Waals surface area (Å²) in [6.45, 7) is 4.08. The first-order valence-electron chi connectivity index (χ1n) is 5.72. The first-order valence-corrected chi connectivity index (χ1v) is 5.72. The van der Waals surface area contributed by atoms with E-state index in [1.807, 2.05) is 6.92 Å². The predicted octanol–water partition coefficient (Wildman–Crippen LogP) is 1.91. The molecule has 0 spiro atoms. The van der Waals surface area contributed by atoms with Crippen molar-refractivity contribution in [2.24, 2.45) is 5.73 Å². The van der Waals surface area contributed by atoms with Crippen molar-refractivity contribution in [2.75, 3.05) is 7.11 Å². The van der Waals surface area contributed by atoms with Gasteiger partial charge in [0.25, 0.3) is 0 Å². The van der Waals surface area contributed by atoms with Gasteiger partial charge in [-0.1, -0.05) is 0 Å². The van der Waals surface area contributed by atoms with Crippen molar-refractivity contribution in [3.63, 3.8) is 0 Å². The van der Waals surface area contributed by atoms with Gasteiger partial charge >= 0.3 is 0 Å². The summed E-state index contributed by atoms with van der Waals surface area (Å²) in [6.07, 6.45) is 2.04. The smallest absolute Gasteiger partial charge is 0.123 e. The van der Waals surface area contributed by atoms with Crippen LogP contribution in [0.25, 0.3) is 0 Å². The third kappa shape index (κ3) is 2.14. The Bertz CT molecular complexity index is 388. The zero-order valence-electron chi connectivity index (χ0n) is 10.1. The molecule has 1 aromatic carbocycles. The molecular formula is C13H19NO2. The molecule has 3 heteroatoms. The molecule has 16 heavy (non-hydrogen) atoms. The molecule has 2 N–H and O–H groups in total. The lowest BCUT2D eigenvalue weighted by molar-refractivity contribution is 0.254. The number of hydrogen-bond donors (Lipinski definition) is 1. The average molecular weight is 221 g/mol. The highest BCUT2D eigenvalue weighted by Crippen LogP contribution is 2.35. The van der Waals surface area contributed by atoms with Gasteiger partial charge in [-0.2, -0.15) is 0 Å². The highest BCUT2D eigenvalue weighted by molar-refractivity contribution is 5.48. The van der Waals surface area contributed by atoms with Crippen LogP contribution in [0.4, 0.5) is 0 Å². The van der Waals surface area contributed by atoms with E-state index in [1.165, 1.54) is 5.56 Å². The lowest BCUT2D eigenvalue weighted by Crippen LogP contribution is -2.18. The summed E-state index contributed by atoms with van der Waals surface area (Å²) in [7, 11) is 1.70. The van der Waals surface area contributed by atoms with E-state index in [1.54, 1.807) is 7.11 Å². The summed E-state index contributed by atoms with van der Waals surface area (Å²) in [5, 5.41) is 0. The Hall–Kier alpha value is -1.22. The molecule has 0 fully saturated rings. The molecule has 1 aliphatic rings. The summed E-state index contributed by atoms with van der Waals surface area (Å²) in [5.41, 5.74) is 8.19. The minimum atomic E-state index is 0.130. The number of benzene rings is 1. The van der Waals surface area contributed by atoms with E-state index in [-0.39, 0.29) is 12.1 Å². The van der Waals surface area contributed by atoms with Crippen molar-refractivity contribution in [3.8, 4) is 11.5 Å². The van der Waals surface area contributed by atoms with Crippen LogP contribution in [0.2, 0.25) is 0 Å². The minimum absolute atomic E-state index is 0.130. The molecule has 0 amide bonds. The molecule has 1 aromatic rings. The topological polar surface area (TPSA) is 44.5 Å². The van der Waals surface area contributed by atoms with Gasteiger partial charge in [0.15, 0.2) is 0 Å². The zero-order valence-corrected chi connectivity index (χ0v) is 10.1. The minimum Gasteiger partial charge on any atom is -0.496 e. The number of ether oxygens (including phenoxy) is 2. The lowest BCUT2D eigenvalue weighted by Gasteiger charge is -2.12. The molecule has 1 heterocycles. The lowest BCUT2D eigenvalue weighted by atomic mass is 10.0. The molecule has 2 atom stereocenters. The molecule has 0 aromatic heterocycles. The van der Waals surface area contributed by atoms with Gasteiger partial charge in [0.2, 0.25) is 0 Å². The molecule has 88 valence electrons. The monoisotopic (exact) mass is 221 g/mol. The largest absolute Gasteiger partial charge is 0.496 e. The summed E-state index contributed by atoms with van der Waals surface area (Å²) >= 11 is 0. The molecule has 0 aliphatic carbocycles. The molecular weight excluding hydrogens is 202 g/mol. The Morgan fingerprint density at radius 3 is 2.94 bits per heavy atom. The fraction of sp³-hybridized carbons (Fsp3) is 0.538. The Balaban J connectivity index is 2.34. The molecule has 0 unspecified atom stereocenters. The second-order valence-corrected chi connectivity index (χ2v) is 4.59. The van der Waals surface area contributed by atoms with E-state index in [2.05, 4.69) is 19.1 Å². The van der Waals surface area contributed by atoms with Gasteiger partial charge in [-0.25, -0.2) is 0 Å². The van der Waals surface area contributed by atoms with Gasteiger partial charge in [0.05, 0.1) is 7.11 Å². The highest BCUT2D eigenvalue weighted by Gasteiger charge is 2.21. The number of methoxy groups -OCH3 is 1. The zero-order chi connectivity index (χ0) is 11.7. The van der Waals surface area contributed by atoms with Crippen LogP contribution in [-0.2, 0) is 12.8 Å². The van der Waals surface area contributed by atoms with E-state index in [0.29, 0.717) is 0 Å². The Morgan fingerprint density at radius 2 is 2.31 bits per heavy atom. The predicted molar refractivity (Wildman–Crippen MR) is 64.1 cm³/mol. The van der Waals surface area contributed by atoms with E-state index in [4.69, 9.17) is 15.2 Å². The molecule has 0 saturated heterocycles. The maximum absolute atomic E-state index is 5.82. The van der Waals surface area contributed by atoms with Gasteiger partial charge < -0.3 is 15.2 Å². The van der Waals surface area contributed by atoms with Crippen molar-refractivity contribution < 1.29 is 9.47 Å². The number of hydrogen-bond acceptors (Lipinski definition) is 3. The summed E-state index contributed by atoms with van der Waals surface area (Å²) in [4.78, 5) is 0. The maximum atomic E-state index is 5.82. The summed E-state index contributed by atoms with van der Waals surface area (Å²) < 4.78 is 11.1. The Morgan fingerprint density at radius 1 is 1.56 bits per heavy atom. The van der Waals surface area contributed by atoms with Crippen molar-refractivity contribution in [1.29, 1.82) is 0 Å². The number of fused-ring (bicyclic) bond motifs is 1. The molecule has 1 aliphatic heterocycles. The van der Waals surface area contributed by atoms with Crippen LogP contribution in [0.5, 0.6) is 11.5 Å². The number of nitrogens with two attached hydrogens (primary N) is 1. The van der Waals surface area contributed by atoms with Gasteiger partial charge in [-0.05, 0) is 38.0 Å². The second kappa shape index (κ2) is 4.34. The van der Waals surface area contributed by atoms with Crippen molar-refractivity contribution in [1.82, 2.24) is 0 Å². The molecule has 0 saturated carbocycles. The van der Waals surface area contributed by atoms with Crippen LogP contribution in [-0.4, -0.2) is 19.3 Å². The van der Waals surface area contributed by atoms with Crippen molar-refractivity contribution >= 4 is 0 Å². The Kier molecular flexibility index (Phi) is 3.06. The summed E-state index contributed by atoms with van der Waals surface area (Å²) in [5.74, 6) is 1.91. The van der Waals surface area contributed by atoms with Crippen LogP contribution in [0, 0.1) is 0 Å². The SMILES string of the molecule is COc1cc2c(cc1C[C@H](C)N)O[C@H](C)C2. The molecule has 0 radical (unpaired) electrons. The van der Waals surface area contributed by atoms with Crippen LogP contribution < -0.4 is 15.2 Å². The van der Waals surface area contributed by atoms with Crippen LogP contribution >= 0.6 is 0 Å². The van der Waals surface area contributed by atoms with Crippen molar-refractivity contribution in [2.45, 2.75) is 38.8 Å². The first-order chi connectivity index (χ1) is 7.60. The van der Waals surface area contributed by atoms with Crippen molar-refractivity contribution in [3.05, 3.63) is 23.3 Å². The standard InChI is InChI=1S/C13H19NO2/c1-8(14)4-10-7-13-11(5-9(2)16-13)6-12(10)15-3/h6-9H,4-5,14H2,1-3H3/t8-,9+/m0/s1. The van der Waals surface area contributed by atoms with E-state index < -0.39 is 0 Å². The van der Waals surface area contributed by atoms with Crippen LogP contribution in [0.1, 0.15) is 25.0 Å². The van der Waals surface area contributed by atoms with Gasteiger partial charge in [0.1, 0.15) is 17.6 Å². The molecule has 0 bridgehead atoms. The normalized spacial score (nSPS) is 20.1. The van der Waals surface area contributed by atoms with Crippen LogP contribution in [0.3, 0.4) is 0 Å². The maximum Gasteiger partial charge on any atom is 0.123 e. The fourth-order valence-corrected chi connectivity index (χ4v) is 2.18.